The molecule has 4 rings (SSSR count). The van der Waals surface area contributed by atoms with Crippen LogP contribution < -0.4 is 10.7 Å². The highest BCUT2D eigenvalue weighted by molar-refractivity contribution is 5.97. The number of amides is 1. The number of hydrogen-bond acceptors (Lipinski definition) is 4. The highest BCUT2D eigenvalue weighted by Crippen LogP contribution is 2.25. The van der Waals surface area contributed by atoms with Gasteiger partial charge in [0.05, 0.1) is 11.8 Å². The zero-order chi connectivity index (χ0) is 17.1. The molecule has 25 heavy (non-hydrogen) atoms. The van der Waals surface area contributed by atoms with Gasteiger partial charge in [-0.2, -0.15) is 5.10 Å². The summed E-state index contributed by atoms with van der Waals surface area (Å²) in [5.74, 6) is 0.616. The third-order valence-electron chi connectivity index (χ3n) is 4.07. The van der Waals surface area contributed by atoms with Crippen LogP contribution in [0, 0.1) is 0 Å². The summed E-state index contributed by atoms with van der Waals surface area (Å²) in [4.78, 5) is 19.5. The van der Waals surface area contributed by atoms with Crippen LogP contribution in [0.4, 0.5) is 5.82 Å². The smallest absolute Gasteiger partial charge is 0.253 e. The fraction of sp³-hybridized carbons (Fsp3) is 0.105. The molecular formula is C19H17N5O. The van der Waals surface area contributed by atoms with Crippen LogP contribution in [0.2, 0.25) is 0 Å². The van der Waals surface area contributed by atoms with Crippen molar-refractivity contribution < 1.29 is 4.79 Å². The number of aromatic nitrogens is 2. The number of hydrazone groups is 1. The predicted octanol–water partition coefficient (Wildman–Crippen LogP) is 2.81. The van der Waals surface area contributed by atoms with Crippen molar-refractivity contribution >= 4 is 17.9 Å². The lowest BCUT2D eigenvalue weighted by molar-refractivity contribution is 0.0946. The molecule has 3 N–H and O–H groups in total. The Morgan fingerprint density at radius 1 is 1.16 bits per heavy atom. The summed E-state index contributed by atoms with van der Waals surface area (Å²) in [5.41, 5.74) is 7.50. The fourth-order valence-electron chi connectivity index (χ4n) is 2.82. The van der Waals surface area contributed by atoms with Gasteiger partial charge in [-0.25, -0.2) is 4.98 Å². The molecule has 0 spiro atoms. The van der Waals surface area contributed by atoms with E-state index in [1.54, 1.807) is 12.4 Å². The number of carbonyl (C=O) groups excluding carboxylic acids is 1. The molecular weight excluding hydrogens is 314 g/mol. The van der Waals surface area contributed by atoms with Gasteiger partial charge in [0.15, 0.2) is 0 Å². The summed E-state index contributed by atoms with van der Waals surface area (Å²) < 4.78 is 0. The Hall–Kier alpha value is -3.41. The molecule has 6 heteroatoms. The SMILES string of the molecule is O=C1NCCc2[nH]c(-c3ccnc(NN=Cc4ccccc4)c3)cc21. The third kappa shape index (κ3) is 3.28. The van der Waals surface area contributed by atoms with Crippen LogP contribution in [-0.4, -0.2) is 28.6 Å². The van der Waals surface area contributed by atoms with Crippen molar-refractivity contribution in [3.8, 4) is 11.3 Å². The number of nitrogens with one attached hydrogen (secondary N) is 3. The molecule has 0 bridgehead atoms. The quantitative estimate of drug-likeness (QED) is 0.508. The summed E-state index contributed by atoms with van der Waals surface area (Å²) in [6, 6.07) is 15.5. The third-order valence-corrected chi connectivity index (χ3v) is 4.07. The Morgan fingerprint density at radius 3 is 2.88 bits per heavy atom. The number of benzene rings is 1. The molecule has 3 heterocycles. The second-order valence-electron chi connectivity index (χ2n) is 5.79. The number of anilines is 1. The number of carbonyl (C=O) groups is 1. The monoisotopic (exact) mass is 331 g/mol. The summed E-state index contributed by atoms with van der Waals surface area (Å²) in [5, 5.41) is 7.07. The summed E-state index contributed by atoms with van der Waals surface area (Å²) in [6.07, 6.45) is 4.28. The highest BCUT2D eigenvalue weighted by Gasteiger charge is 2.19. The van der Waals surface area contributed by atoms with Crippen LogP contribution in [0.3, 0.4) is 0 Å². The van der Waals surface area contributed by atoms with E-state index in [-0.39, 0.29) is 5.91 Å². The van der Waals surface area contributed by atoms with E-state index < -0.39 is 0 Å². The Bertz CT molecular complexity index is 930. The van der Waals surface area contributed by atoms with Crippen LogP contribution in [-0.2, 0) is 6.42 Å². The van der Waals surface area contributed by atoms with Gasteiger partial charge in [0, 0.05) is 36.1 Å². The number of fused-ring (bicyclic) bond motifs is 1. The van der Waals surface area contributed by atoms with E-state index in [2.05, 4.69) is 25.8 Å². The van der Waals surface area contributed by atoms with Crippen LogP contribution in [0.1, 0.15) is 21.6 Å². The first kappa shape index (κ1) is 15.1. The van der Waals surface area contributed by atoms with Crippen molar-refractivity contribution in [3.63, 3.8) is 0 Å². The molecule has 0 atom stereocenters. The minimum absolute atomic E-state index is 0.0244. The lowest BCUT2D eigenvalue weighted by Gasteiger charge is -2.10. The topological polar surface area (TPSA) is 82.2 Å². The van der Waals surface area contributed by atoms with E-state index >= 15 is 0 Å². The molecule has 3 aromatic rings. The maximum absolute atomic E-state index is 11.9. The number of H-pyrrole nitrogens is 1. The van der Waals surface area contributed by atoms with E-state index in [1.165, 1.54) is 0 Å². The van der Waals surface area contributed by atoms with Gasteiger partial charge in [0.1, 0.15) is 5.82 Å². The van der Waals surface area contributed by atoms with Gasteiger partial charge in [0.2, 0.25) is 0 Å². The number of rotatable bonds is 4. The molecule has 6 nitrogen and oxygen atoms in total. The summed E-state index contributed by atoms with van der Waals surface area (Å²) in [6.45, 7) is 0.670. The average Bonchev–Trinajstić information content (AvgIpc) is 3.09. The molecule has 0 aliphatic carbocycles. The summed E-state index contributed by atoms with van der Waals surface area (Å²) >= 11 is 0. The maximum atomic E-state index is 11.9. The molecule has 1 aliphatic rings. The number of pyridine rings is 1. The van der Waals surface area contributed by atoms with Crippen LogP contribution >= 0.6 is 0 Å². The highest BCUT2D eigenvalue weighted by atomic mass is 16.1. The van der Waals surface area contributed by atoms with Gasteiger partial charge < -0.3 is 10.3 Å². The van der Waals surface area contributed by atoms with E-state index in [9.17, 15) is 4.79 Å². The Morgan fingerprint density at radius 2 is 2.04 bits per heavy atom. The predicted molar refractivity (Wildman–Crippen MR) is 97.7 cm³/mol. The van der Waals surface area contributed by atoms with Gasteiger partial charge in [-0.3, -0.25) is 10.2 Å². The molecule has 0 fully saturated rings. The van der Waals surface area contributed by atoms with Gasteiger partial charge in [0.25, 0.3) is 5.91 Å². The second-order valence-corrected chi connectivity index (χ2v) is 5.79. The lowest BCUT2D eigenvalue weighted by atomic mass is 10.1. The zero-order valence-corrected chi connectivity index (χ0v) is 13.5. The first-order chi connectivity index (χ1) is 12.3. The Kier molecular flexibility index (Phi) is 4.00. The standard InChI is InChI=1S/C19H17N5O/c25-19-15-11-17(23-16(15)7-9-21-19)14-6-8-20-18(10-14)24-22-12-13-4-2-1-3-5-13/h1-6,8,10-12,23H,7,9H2,(H,20,24)(H,21,25). The number of hydrogen-bond donors (Lipinski definition) is 3. The second kappa shape index (κ2) is 6.60. The van der Waals surface area contributed by atoms with Crippen molar-refractivity contribution in [1.29, 1.82) is 0 Å². The summed E-state index contributed by atoms with van der Waals surface area (Å²) in [7, 11) is 0. The minimum atomic E-state index is -0.0244. The van der Waals surface area contributed by atoms with Crippen molar-refractivity contribution in [2.75, 3.05) is 12.0 Å². The van der Waals surface area contributed by atoms with Gasteiger partial charge in [-0.1, -0.05) is 30.3 Å². The zero-order valence-electron chi connectivity index (χ0n) is 13.5. The van der Waals surface area contributed by atoms with Gasteiger partial charge in [-0.05, 0) is 23.8 Å². The minimum Gasteiger partial charge on any atom is -0.358 e. The lowest BCUT2D eigenvalue weighted by Crippen LogP contribution is -2.31. The fourth-order valence-corrected chi connectivity index (χ4v) is 2.82. The first-order valence-corrected chi connectivity index (χ1v) is 8.10. The van der Waals surface area contributed by atoms with Crippen molar-refractivity contribution in [1.82, 2.24) is 15.3 Å². The van der Waals surface area contributed by atoms with Gasteiger partial charge in [-0.15, -0.1) is 0 Å². The van der Waals surface area contributed by atoms with E-state index in [4.69, 9.17) is 0 Å². The van der Waals surface area contributed by atoms with Gasteiger partial charge >= 0.3 is 0 Å². The van der Waals surface area contributed by atoms with E-state index in [0.717, 1.165) is 34.5 Å². The average molecular weight is 331 g/mol. The molecule has 0 unspecified atom stereocenters. The number of aromatic amines is 1. The number of nitrogens with zero attached hydrogens (tertiary/aromatic N) is 2. The van der Waals surface area contributed by atoms with E-state index in [1.807, 2.05) is 48.5 Å². The molecule has 124 valence electrons. The molecule has 2 aromatic heterocycles. The van der Waals surface area contributed by atoms with Crippen LogP contribution in [0.15, 0.2) is 59.8 Å². The van der Waals surface area contributed by atoms with Crippen LogP contribution in [0.25, 0.3) is 11.3 Å². The normalized spacial score (nSPS) is 13.5. The van der Waals surface area contributed by atoms with Crippen LogP contribution in [0.5, 0.6) is 0 Å². The molecule has 1 aromatic carbocycles. The molecule has 0 saturated heterocycles. The van der Waals surface area contributed by atoms with E-state index in [0.29, 0.717) is 12.4 Å². The molecule has 1 amide bonds. The largest absolute Gasteiger partial charge is 0.358 e. The maximum Gasteiger partial charge on any atom is 0.253 e. The Balaban J connectivity index is 1.54. The first-order valence-electron chi connectivity index (χ1n) is 8.10. The van der Waals surface area contributed by atoms with Crippen molar-refractivity contribution in [2.24, 2.45) is 5.10 Å². The molecule has 0 saturated carbocycles. The Labute approximate surface area is 145 Å². The molecule has 1 aliphatic heterocycles. The van der Waals surface area contributed by atoms with Crippen molar-refractivity contribution in [2.45, 2.75) is 6.42 Å². The van der Waals surface area contributed by atoms with Crippen molar-refractivity contribution in [3.05, 3.63) is 71.5 Å². The molecule has 0 radical (unpaired) electrons.